The zero-order valence-corrected chi connectivity index (χ0v) is 37.2. The molecule has 2 fully saturated rings. The van der Waals surface area contributed by atoms with Crippen LogP contribution in [0, 0.1) is 18.3 Å². The summed E-state index contributed by atoms with van der Waals surface area (Å²) in [7, 11) is 5.65. The average molecular weight is 899 g/mol. The Kier molecular flexibility index (Phi) is 9.59. The molecule has 318 valence electrons. The first kappa shape index (κ1) is 40.6. The van der Waals surface area contributed by atoms with Gasteiger partial charge in [0.05, 0.1) is 33.3 Å². The first-order valence-electron chi connectivity index (χ1n) is 20.4. The van der Waals surface area contributed by atoms with E-state index in [0.717, 1.165) is 31.8 Å². The summed E-state index contributed by atoms with van der Waals surface area (Å²) in [5.41, 5.74) is 5.13. The number of aromatic nitrogens is 3. The van der Waals surface area contributed by atoms with Gasteiger partial charge in [0, 0.05) is 76.2 Å². The van der Waals surface area contributed by atoms with Crippen molar-refractivity contribution in [3.8, 4) is 33.8 Å². The Morgan fingerprint density at radius 1 is 0.873 bits per heavy atom. The van der Waals surface area contributed by atoms with Crippen LogP contribution in [0.25, 0.3) is 26.3 Å². The normalized spacial score (nSPS) is 20.7. The number of aromatic hydroxyl groups is 3. The number of carbonyl (C=O) groups is 2. The molecule has 2 aliphatic carbocycles. The fourth-order valence-corrected chi connectivity index (χ4v) is 11.5. The minimum atomic E-state index is -1.38. The minimum absolute atomic E-state index is 0.0777. The summed E-state index contributed by atoms with van der Waals surface area (Å²) in [5.74, 6) is -3.28. The Morgan fingerprint density at radius 3 is 2.24 bits per heavy atom. The molecule has 4 heterocycles. The van der Waals surface area contributed by atoms with Gasteiger partial charge in [0.2, 0.25) is 23.6 Å². The summed E-state index contributed by atoms with van der Waals surface area (Å²) in [5, 5.41) is 51.0. The fourth-order valence-electron chi connectivity index (χ4n) is 9.97. The monoisotopic (exact) mass is 897 g/mol. The number of phenolic OH excluding ortho intramolecular Hbond substituents is 1. The van der Waals surface area contributed by atoms with Gasteiger partial charge in [-0.2, -0.15) is 15.3 Å². The third-order valence-electron chi connectivity index (χ3n) is 13.1. The number of hydrogen-bond acceptors (Lipinski definition) is 10. The zero-order valence-electron chi connectivity index (χ0n) is 34.8. The molecule has 0 spiro atoms. The summed E-state index contributed by atoms with van der Waals surface area (Å²) in [4.78, 5) is 34.4. The number of nitrogens with zero attached hydrogens (tertiary/aromatic N) is 7. The highest BCUT2D eigenvalue weighted by molar-refractivity contribution is 7.22. The van der Waals surface area contributed by atoms with E-state index in [1.807, 2.05) is 74.5 Å². The average Bonchev–Trinajstić information content (AvgIpc) is 3.94. The minimum Gasteiger partial charge on any atom is -0.508 e. The maximum Gasteiger partial charge on any atom is 0.242 e. The van der Waals surface area contributed by atoms with Gasteiger partial charge in [-0.15, -0.1) is 11.3 Å². The molecule has 10 rings (SSSR count). The van der Waals surface area contributed by atoms with Crippen molar-refractivity contribution in [2.24, 2.45) is 28.6 Å². The number of fused-ring (bicyclic) bond motifs is 5. The highest BCUT2D eigenvalue weighted by Crippen LogP contribution is 2.65. The van der Waals surface area contributed by atoms with Crippen LogP contribution in [0.3, 0.4) is 0 Å². The molecule has 15 heteroatoms. The number of aryl methyl sites for hydroxylation is 2. The van der Waals surface area contributed by atoms with Crippen molar-refractivity contribution in [1.82, 2.24) is 14.3 Å². The van der Waals surface area contributed by atoms with Crippen LogP contribution >= 0.6 is 34.5 Å². The predicted octanol–water partition coefficient (Wildman–Crippen LogP) is 11.3. The van der Waals surface area contributed by atoms with E-state index in [9.17, 15) is 15.3 Å². The number of halogens is 2. The molecule has 3 N–H and O–H groups in total. The van der Waals surface area contributed by atoms with Gasteiger partial charge in [-0.3, -0.25) is 18.8 Å². The summed E-state index contributed by atoms with van der Waals surface area (Å²) < 4.78 is 3.98. The number of benzene rings is 4. The molecule has 1 aliphatic heterocycles. The number of hydrogen-bond donors (Lipinski definition) is 3. The lowest BCUT2D eigenvalue weighted by molar-refractivity contribution is -0.128. The second-order valence-corrected chi connectivity index (χ2v) is 18.8. The molecule has 63 heavy (non-hydrogen) atoms. The number of amides is 2. The van der Waals surface area contributed by atoms with E-state index in [1.165, 1.54) is 15.5 Å². The van der Waals surface area contributed by atoms with Gasteiger partial charge in [0.25, 0.3) is 0 Å². The standard InChI is InChI=1S/C48H41Cl2N7O5S/c1-24-33-20-26(50)7-19-39(33)63-43(24)37-23-40(55(5)53-37)57-45(60)36-22-34-31(42(48(36,2)47(57)62)35-21-25(49)6-18-38(35)58)16-17-32-41(34)46(61)56(44(32)59)30-14-10-28(11-15-30)52-51-27-8-12-29(13-9-27)54(3)4/h6-16,18-21,23,34,36,42,58-59,61H,17,22H2,1-5H3/t34-,36+,42-,48-/m1/s1. The van der Waals surface area contributed by atoms with Crippen LogP contribution in [0.4, 0.5) is 22.9 Å². The molecule has 3 aromatic heterocycles. The Hall–Kier alpha value is -6.41. The van der Waals surface area contributed by atoms with E-state index in [-0.39, 0.29) is 30.4 Å². The Morgan fingerprint density at radius 2 is 1.54 bits per heavy atom. The number of imide groups is 1. The van der Waals surface area contributed by atoms with E-state index >= 15 is 9.59 Å². The summed E-state index contributed by atoms with van der Waals surface area (Å²) in [6.45, 7) is 3.79. The van der Waals surface area contributed by atoms with Crippen LogP contribution in [0.5, 0.6) is 17.5 Å². The SMILES string of the molecule is Cc1c(-c2cc(N3C(=O)[C@@H]4C[C@@H]5C(=CCc6c5c(O)n(-c5ccc(N=Nc7ccc(N(C)C)cc7)cc5)c6O)[C@H](c5cc(Cl)ccc5O)[C@]4(C)C3=O)n(C)n2)sc2ccc(Cl)cc12. The van der Waals surface area contributed by atoms with Crippen LogP contribution in [-0.2, 0) is 23.1 Å². The summed E-state index contributed by atoms with van der Waals surface area (Å²) in [6.07, 6.45) is 2.33. The molecule has 1 saturated heterocycles. The van der Waals surface area contributed by atoms with Crippen LogP contribution in [0.1, 0.15) is 47.4 Å². The largest absolute Gasteiger partial charge is 0.508 e. The molecule has 7 aromatic rings. The Balaban J connectivity index is 1.03. The highest BCUT2D eigenvalue weighted by atomic mass is 35.5. The lowest BCUT2D eigenvalue weighted by Crippen LogP contribution is -2.45. The number of rotatable bonds is 7. The smallest absolute Gasteiger partial charge is 0.242 e. The van der Waals surface area contributed by atoms with Gasteiger partial charge < -0.3 is 20.2 Å². The van der Waals surface area contributed by atoms with Crippen molar-refractivity contribution in [3.63, 3.8) is 0 Å². The van der Waals surface area contributed by atoms with Crippen LogP contribution in [-0.4, -0.2) is 55.6 Å². The number of allylic oxidation sites excluding steroid dienone is 2. The molecular weight excluding hydrogens is 858 g/mol. The molecule has 4 atom stereocenters. The second-order valence-electron chi connectivity index (χ2n) is 16.9. The number of carbonyl (C=O) groups excluding carboxylic acids is 2. The van der Waals surface area contributed by atoms with Gasteiger partial charge in [0.1, 0.15) is 17.3 Å². The fraction of sp³-hybridized carbons (Fsp3) is 0.229. The van der Waals surface area contributed by atoms with E-state index < -0.39 is 35.0 Å². The van der Waals surface area contributed by atoms with Crippen LogP contribution in [0.15, 0.2) is 113 Å². The van der Waals surface area contributed by atoms with Gasteiger partial charge in [0.15, 0.2) is 0 Å². The maximum atomic E-state index is 15.2. The zero-order chi connectivity index (χ0) is 44.2. The molecule has 4 aromatic carbocycles. The van der Waals surface area contributed by atoms with Crippen molar-refractivity contribution in [1.29, 1.82) is 0 Å². The lowest BCUT2D eigenvalue weighted by Gasteiger charge is -2.47. The van der Waals surface area contributed by atoms with Gasteiger partial charge in [-0.05, 0) is 123 Å². The number of azo groups is 1. The summed E-state index contributed by atoms with van der Waals surface area (Å²) in [6, 6.07) is 26.9. The van der Waals surface area contributed by atoms with Crippen molar-refractivity contribution in [2.45, 2.75) is 38.5 Å². The second kappa shape index (κ2) is 14.9. The van der Waals surface area contributed by atoms with Crippen molar-refractivity contribution in [3.05, 3.63) is 135 Å². The van der Waals surface area contributed by atoms with Crippen LogP contribution in [0.2, 0.25) is 10.0 Å². The van der Waals surface area contributed by atoms with Gasteiger partial charge in [-0.1, -0.05) is 34.9 Å². The first-order valence-corrected chi connectivity index (χ1v) is 22.0. The molecular formula is C48H41Cl2N7O5S. The Bertz CT molecular complexity index is 3110. The quantitative estimate of drug-likeness (QED) is 0.0819. The topological polar surface area (TPSA) is 149 Å². The number of thiophene rings is 1. The first-order chi connectivity index (χ1) is 30.1. The summed E-state index contributed by atoms with van der Waals surface area (Å²) >= 11 is 14.5. The van der Waals surface area contributed by atoms with Crippen molar-refractivity contribution < 1.29 is 24.9 Å². The molecule has 0 unspecified atom stereocenters. The van der Waals surface area contributed by atoms with E-state index in [0.29, 0.717) is 55.3 Å². The molecule has 1 saturated carbocycles. The van der Waals surface area contributed by atoms with Gasteiger partial charge in [-0.25, -0.2) is 4.90 Å². The number of anilines is 2. The van der Waals surface area contributed by atoms with E-state index in [4.69, 9.17) is 28.3 Å². The number of phenols is 1. The van der Waals surface area contributed by atoms with E-state index in [2.05, 4.69) is 10.2 Å². The third-order valence-corrected chi connectivity index (χ3v) is 14.9. The van der Waals surface area contributed by atoms with E-state index in [1.54, 1.807) is 72.5 Å². The van der Waals surface area contributed by atoms with Crippen molar-refractivity contribution in [2.75, 3.05) is 23.9 Å². The molecule has 3 aliphatic rings. The maximum absolute atomic E-state index is 15.2. The molecule has 12 nitrogen and oxygen atoms in total. The third kappa shape index (κ3) is 6.27. The Labute approximate surface area is 376 Å². The molecule has 0 bridgehead atoms. The van der Waals surface area contributed by atoms with Crippen molar-refractivity contribution >= 4 is 79.3 Å². The highest BCUT2D eigenvalue weighted by Gasteiger charge is 2.66. The van der Waals surface area contributed by atoms with Gasteiger partial charge >= 0.3 is 0 Å². The lowest BCUT2D eigenvalue weighted by atomic mass is 9.53. The molecule has 2 amide bonds. The predicted molar refractivity (Wildman–Crippen MR) is 247 cm³/mol. The molecule has 0 radical (unpaired) electrons. The van der Waals surface area contributed by atoms with Crippen LogP contribution < -0.4 is 9.80 Å².